The molecule has 0 saturated carbocycles. The lowest BCUT2D eigenvalue weighted by Crippen LogP contribution is -2.63. The number of nitrogens with zero attached hydrogens (tertiary/aromatic N) is 1. The first-order chi connectivity index (χ1) is 20.2. The zero-order valence-electron chi connectivity index (χ0n) is 23.6. The van der Waals surface area contributed by atoms with E-state index in [1.54, 1.807) is 14.1 Å². The SMILES string of the molecule is CC(=O)C1=C(O)[C@@H](N(C)C)[C@@H]2C[C@@H]3Cc4c(C(=O)CNCc5c(F)cccc5F)ccc(O)c4C(=O)C3=C(O)[C@]2(O)C1=O. The van der Waals surface area contributed by atoms with Crippen LogP contribution in [0.3, 0.4) is 0 Å². The molecule has 226 valence electrons. The Balaban J connectivity index is 1.53. The summed E-state index contributed by atoms with van der Waals surface area (Å²) in [6.45, 7) is 0.395. The number of allylic oxidation sites excluding steroid dienone is 1. The highest BCUT2D eigenvalue weighted by atomic mass is 19.1. The molecule has 0 fully saturated rings. The number of Topliss-reactive ketones (excluding diaryl/α,β-unsaturated/α-hetero) is 4. The van der Waals surface area contributed by atoms with Crippen molar-refractivity contribution in [3.05, 3.63) is 86.9 Å². The average molecular weight is 597 g/mol. The molecule has 0 bridgehead atoms. The summed E-state index contributed by atoms with van der Waals surface area (Å²) in [5.74, 6) is -9.06. The minimum Gasteiger partial charge on any atom is -0.510 e. The van der Waals surface area contributed by atoms with Gasteiger partial charge in [0, 0.05) is 29.2 Å². The largest absolute Gasteiger partial charge is 0.510 e. The summed E-state index contributed by atoms with van der Waals surface area (Å²) < 4.78 is 28.0. The van der Waals surface area contributed by atoms with Crippen LogP contribution in [0.1, 0.15) is 45.2 Å². The van der Waals surface area contributed by atoms with E-state index in [2.05, 4.69) is 5.32 Å². The van der Waals surface area contributed by atoms with Crippen LogP contribution in [0.25, 0.3) is 0 Å². The Morgan fingerprint density at radius 1 is 1.07 bits per heavy atom. The molecule has 0 heterocycles. The number of likely N-dealkylation sites (N-methyl/N-ethyl adjacent to an activating group) is 1. The lowest BCUT2D eigenvalue weighted by Gasteiger charge is -2.50. The fourth-order valence-electron chi connectivity index (χ4n) is 6.71. The minimum atomic E-state index is -2.70. The molecule has 2 aromatic rings. The van der Waals surface area contributed by atoms with Crippen LogP contribution < -0.4 is 5.32 Å². The molecular formula is C31H30F2N2O8. The van der Waals surface area contributed by atoms with Crippen LogP contribution >= 0.6 is 0 Å². The fraction of sp³-hybridized carbons (Fsp3) is 0.355. The number of phenolic OH excluding ortho intramolecular Hbond substituents is 1. The third-order valence-corrected chi connectivity index (χ3v) is 8.66. The van der Waals surface area contributed by atoms with Gasteiger partial charge in [0.25, 0.3) is 0 Å². The van der Waals surface area contributed by atoms with Gasteiger partial charge in [-0.3, -0.25) is 24.1 Å². The molecule has 0 spiro atoms. The molecular weight excluding hydrogens is 566 g/mol. The monoisotopic (exact) mass is 596 g/mol. The first-order valence-corrected chi connectivity index (χ1v) is 13.6. The first kappa shape index (κ1) is 30.2. The summed E-state index contributed by atoms with van der Waals surface area (Å²) in [5.41, 5.74) is -4.00. The Hall–Kier alpha value is -4.26. The maximum Gasteiger partial charge on any atom is 0.209 e. The number of phenols is 1. The summed E-state index contributed by atoms with van der Waals surface area (Å²) >= 11 is 0. The molecule has 4 atom stereocenters. The van der Waals surface area contributed by atoms with Gasteiger partial charge in [-0.15, -0.1) is 0 Å². The van der Waals surface area contributed by atoms with Gasteiger partial charge < -0.3 is 25.7 Å². The highest BCUT2D eigenvalue weighted by Crippen LogP contribution is 2.52. The number of nitrogens with one attached hydrogen (secondary N) is 1. The topological polar surface area (TPSA) is 164 Å². The number of aliphatic hydroxyl groups excluding tert-OH is 2. The number of halogens is 2. The molecule has 0 amide bonds. The van der Waals surface area contributed by atoms with Crippen LogP contribution in [-0.4, -0.2) is 80.7 Å². The van der Waals surface area contributed by atoms with Gasteiger partial charge in [0.15, 0.2) is 23.0 Å². The Labute approximate surface area is 244 Å². The second kappa shape index (κ2) is 10.8. The van der Waals surface area contributed by atoms with E-state index in [4.69, 9.17) is 0 Å². The maximum absolute atomic E-state index is 14.0. The van der Waals surface area contributed by atoms with E-state index in [0.29, 0.717) is 0 Å². The summed E-state index contributed by atoms with van der Waals surface area (Å²) in [7, 11) is 3.11. The van der Waals surface area contributed by atoms with Crippen molar-refractivity contribution >= 4 is 23.1 Å². The molecule has 0 unspecified atom stereocenters. The number of benzene rings is 2. The van der Waals surface area contributed by atoms with Crippen molar-refractivity contribution in [1.29, 1.82) is 0 Å². The summed E-state index contributed by atoms with van der Waals surface area (Å²) in [4.78, 5) is 54.3. The average Bonchev–Trinajstić information content (AvgIpc) is 2.92. The third kappa shape index (κ3) is 4.57. The molecule has 0 radical (unpaired) electrons. The summed E-state index contributed by atoms with van der Waals surface area (Å²) in [6.07, 6.45) is -0.151. The highest BCUT2D eigenvalue weighted by Gasteiger charge is 2.63. The van der Waals surface area contributed by atoms with Crippen molar-refractivity contribution in [2.75, 3.05) is 20.6 Å². The van der Waals surface area contributed by atoms with Crippen LogP contribution in [0, 0.1) is 23.5 Å². The van der Waals surface area contributed by atoms with Crippen molar-refractivity contribution in [3.8, 4) is 5.75 Å². The Kier molecular flexibility index (Phi) is 7.57. The second-order valence-electron chi connectivity index (χ2n) is 11.4. The number of ketones is 4. The van der Waals surface area contributed by atoms with Crippen molar-refractivity contribution in [1.82, 2.24) is 10.2 Å². The molecule has 0 aromatic heterocycles. The molecule has 43 heavy (non-hydrogen) atoms. The molecule has 3 aliphatic rings. The lowest BCUT2D eigenvalue weighted by atomic mass is 9.58. The van der Waals surface area contributed by atoms with Gasteiger partial charge in [0.2, 0.25) is 5.78 Å². The number of hydrogen-bond donors (Lipinski definition) is 5. The maximum atomic E-state index is 14.0. The predicted molar refractivity (Wildman–Crippen MR) is 148 cm³/mol. The van der Waals surface area contributed by atoms with Gasteiger partial charge in [0.1, 0.15) is 34.5 Å². The molecule has 3 aliphatic carbocycles. The van der Waals surface area contributed by atoms with E-state index in [-0.39, 0.29) is 53.8 Å². The Morgan fingerprint density at radius 3 is 2.33 bits per heavy atom. The standard InChI is InChI=1S/C31H30F2N2O8/c1-13(36)23-28(40)26(35(2)3)18-10-14-9-16-15(22(38)12-34-11-17-19(32)5-4-6-20(17)33)7-8-21(37)25(16)27(39)24(14)30(42)31(18,43)29(23)41/h4-8,14,18,26,34,37,40,42-43H,9-12H2,1-3H3/t14-,18-,26-,31+/m0/s1. The number of rotatable bonds is 7. The van der Waals surface area contributed by atoms with Crippen LogP contribution in [0.15, 0.2) is 53.0 Å². The van der Waals surface area contributed by atoms with E-state index in [1.807, 2.05) is 0 Å². The number of hydrogen-bond acceptors (Lipinski definition) is 10. The quantitative estimate of drug-likeness (QED) is 0.237. The number of aromatic hydroxyl groups is 1. The van der Waals surface area contributed by atoms with Crippen molar-refractivity contribution in [2.24, 2.45) is 11.8 Å². The number of carbonyl (C=O) groups is 4. The second-order valence-corrected chi connectivity index (χ2v) is 11.4. The smallest absolute Gasteiger partial charge is 0.209 e. The Bertz CT molecular complexity index is 1640. The molecule has 12 heteroatoms. The number of aliphatic hydroxyl groups is 3. The lowest BCUT2D eigenvalue weighted by molar-refractivity contribution is -0.148. The molecule has 2 aromatic carbocycles. The van der Waals surface area contributed by atoms with Gasteiger partial charge in [-0.25, -0.2) is 8.78 Å². The first-order valence-electron chi connectivity index (χ1n) is 13.6. The third-order valence-electron chi connectivity index (χ3n) is 8.66. The molecule has 5 rings (SSSR count). The molecule has 10 nitrogen and oxygen atoms in total. The van der Waals surface area contributed by atoms with Crippen LogP contribution in [0.4, 0.5) is 8.78 Å². The van der Waals surface area contributed by atoms with Gasteiger partial charge >= 0.3 is 0 Å². The minimum absolute atomic E-state index is 0.0527. The van der Waals surface area contributed by atoms with E-state index in [1.165, 1.54) is 17.0 Å². The normalized spacial score (nSPS) is 25.0. The van der Waals surface area contributed by atoms with E-state index in [9.17, 15) is 48.4 Å². The fourth-order valence-corrected chi connectivity index (χ4v) is 6.71. The van der Waals surface area contributed by atoms with Gasteiger partial charge in [-0.1, -0.05) is 6.07 Å². The van der Waals surface area contributed by atoms with Crippen LogP contribution in [0.2, 0.25) is 0 Å². The molecule has 5 N–H and O–H groups in total. The van der Waals surface area contributed by atoms with Crippen molar-refractivity contribution in [2.45, 2.75) is 38.0 Å². The van der Waals surface area contributed by atoms with E-state index < -0.39 is 81.1 Å². The van der Waals surface area contributed by atoms with Gasteiger partial charge in [-0.05, 0) is 69.6 Å². The summed E-state index contributed by atoms with van der Waals surface area (Å²) in [6, 6.07) is 4.77. The highest BCUT2D eigenvalue weighted by molar-refractivity contribution is 6.25. The van der Waals surface area contributed by atoms with E-state index >= 15 is 0 Å². The number of fused-ring (bicyclic) bond motifs is 3. The zero-order valence-corrected chi connectivity index (χ0v) is 23.6. The van der Waals surface area contributed by atoms with Crippen LogP contribution in [-0.2, 0) is 22.6 Å². The van der Waals surface area contributed by atoms with Crippen molar-refractivity contribution in [3.63, 3.8) is 0 Å². The zero-order chi connectivity index (χ0) is 31.5. The summed E-state index contributed by atoms with van der Waals surface area (Å²) in [5, 5.41) is 47.4. The molecule has 0 saturated heterocycles. The Morgan fingerprint density at radius 2 is 1.72 bits per heavy atom. The van der Waals surface area contributed by atoms with Gasteiger partial charge in [-0.2, -0.15) is 0 Å². The number of carbonyl (C=O) groups excluding carboxylic acids is 4. The molecule has 0 aliphatic heterocycles. The van der Waals surface area contributed by atoms with E-state index in [0.717, 1.165) is 25.1 Å². The van der Waals surface area contributed by atoms with Crippen molar-refractivity contribution < 1.29 is 48.4 Å². The van der Waals surface area contributed by atoms with Gasteiger partial charge in [0.05, 0.1) is 18.2 Å². The van der Waals surface area contributed by atoms with Crippen LogP contribution in [0.5, 0.6) is 5.75 Å². The predicted octanol–water partition coefficient (Wildman–Crippen LogP) is 2.48.